The Hall–Kier alpha value is -2.68. The Labute approximate surface area is 197 Å². The maximum atomic E-state index is 15.1. The summed E-state index contributed by atoms with van der Waals surface area (Å²) in [5, 5.41) is 21.3. The van der Waals surface area contributed by atoms with Crippen molar-refractivity contribution in [2.24, 2.45) is 0 Å². The second-order valence-corrected chi connectivity index (χ2v) is 8.76. The lowest BCUT2D eigenvalue weighted by Crippen LogP contribution is -2.04. The summed E-state index contributed by atoms with van der Waals surface area (Å²) >= 11 is 13.5. The lowest BCUT2D eigenvalue weighted by Gasteiger charge is -2.18. The first-order valence-corrected chi connectivity index (χ1v) is 11.0. The van der Waals surface area contributed by atoms with Crippen molar-refractivity contribution in [2.45, 2.75) is 27.2 Å². The average Bonchev–Trinajstić information content (AvgIpc) is 3.13. The summed E-state index contributed by atoms with van der Waals surface area (Å²) < 4.78 is 20.3. The van der Waals surface area contributed by atoms with E-state index in [0.29, 0.717) is 28.9 Å². The van der Waals surface area contributed by atoms with Gasteiger partial charge in [0.2, 0.25) is 0 Å². The lowest BCUT2D eigenvalue weighted by atomic mass is 9.90. The number of ether oxygens (including phenoxy) is 1. The molecule has 1 N–H and O–H groups in total. The van der Waals surface area contributed by atoms with Crippen molar-refractivity contribution in [1.82, 2.24) is 0 Å². The third-order valence-corrected chi connectivity index (χ3v) is 7.30. The molecule has 1 heterocycles. The number of nitrogens with zero attached hydrogens (tertiary/aromatic N) is 1. The van der Waals surface area contributed by atoms with E-state index >= 15 is 4.39 Å². The summed E-state index contributed by atoms with van der Waals surface area (Å²) in [6.07, 6.45) is 0.594. The molecule has 168 valence electrons. The molecular formula is C22H18Cl2FNO5S. The number of carboxylic acid groups (broad SMARTS) is 1. The van der Waals surface area contributed by atoms with Crippen LogP contribution in [0.4, 0.5) is 9.39 Å². The van der Waals surface area contributed by atoms with Gasteiger partial charge >= 0.3 is 11.0 Å². The number of methoxy groups -OCH3 is 1. The molecule has 0 saturated heterocycles. The van der Waals surface area contributed by atoms with Crippen molar-refractivity contribution in [3.8, 4) is 27.3 Å². The number of rotatable bonds is 6. The van der Waals surface area contributed by atoms with Crippen LogP contribution in [0.5, 0.6) is 5.75 Å². The number of thiophene rings is 1. The summed E-state index contributed by atoms with van der Waals surface area (Å²) in [5.74, 6) is -1.92. The molecule has 0 saturated carbocycles. The van der Waals surface area contributed by atoms with Gasteiger partial charge in [-0.25, -0.2) is 9.18 Å². The quantitative estimate of drug-likeness (QED) is 0.284. The van der Waals surface area contributed by atoms with Gasteiger partial charge in [0, 0.05) is 11.1 Å². The molecule has 0 aliphatic carbocycles. The largest absolute Gasteiger partial charge is 0.494 e. The molecule has 2 aromatic carbocycles. The number of benzene rings is 2. The lowest BCUT2D eigenvalue weighted by molar-refractivity contribution is -0.380. The average molecular weight is 498 g/mol. The van der Waals surface area contributed by atoms with Crippen LogP contribution in [-0.4, -0.2) is 23.1 Å². The van der Waals surface area contributed by atoms with Crippen LogP contribution in [0.15, 0.2) is 18.2 Å². The van der Waals surface area contributed by atoms with Crippen LogP contribution < -0.4 is 4.74 Å². The van der Waals surface area contributed by atoms with Crippen LogP contribution in [0, 0.1) is 29.8 Å². The van der Waals surface area contributed by atoms with Gasteiger partial charge < -0.3 is 9.84 Å². The number of hydrogen-bond donors (Lipinski definition) is 1. The number of halogens is 3. The van der Waals surface area contributed by atoms with Crippen LogP contribution in [0.25, 0.3) is 21.6 Å². The van der Waals surface area contributed by atoms with Gasteiger partial charge in [0.25, 0.3) is 0 Å². The fourth-order valence-corrected chi connectivity index (χ4v) is 5.35. The minimum Gasteiger partial charge on any atom is -0.494 e. The number of carbonyl (C=O) groups is 1. The molecule has 0 spiro atoms. The van der Waals surface area contributed by atoms with Gasteiger partial charge in [-0.2, -0.15) is 0 Å². The van der Waals surface area contributed by atoms with Crippen LogP contribution in [0.1, 0.15) is 34.0 Å². The number of aryl methyl sites for hydroxylation is 1. The van der Waals surface area contributed by atoms with Crippen LogP contribution >= 0.6 is 34.5 Å². The Morgan fingerprint density at radius 3 is 2.25 bits per heavy atom. The maximum absolute atomic E-state index is 15.1. The Morgan fingerprint density at radius 2 is 1.81 bits per heavy atom. The second-order valence-electron chi connectivity index (χ2n) is 7.00. The predicted octanol–water partition coefficient (Wildman–Crippen LogP) is 7.32. The van der Waals surface area contributed by atoms with Gasteiger partial charge in [0.1, 0.15) is 5.82 Å². The first-order valence-electron chi connectivity index (χ1n) is 9.40. The highest BCUT2D eigenvalue weighted by molar-refractivity contribution is 7.19. The molecule has 0 amide bonds. The fourth-order valence-electron chi connectivity index (χ4n) is 3.63. The highest BCUT2D eigenvalue weighted by atomic mass is 35.5. The Kier molecular flexibility index (Phi) is 6.78. The first kappa shape index (κ1) is 24.0. The first-order chi connectivity index (χ1) is 15.0. The SMILES string of the molecule is CCc1ccc(-c2sc([N+](=O)[O-])c(C(=O)O)c2-c2c(C)c(Cl)c(OC)c(Cl)c2C)c(F)c1. The van der Waals surface area contributed by atoms with Gasteiger partial charge in [-0.05, 0) is 48.6 Å². The molecule has 0 radical (unpaired) electrons. The van der Waals surface area contributed by atoms with Gasteiger partial charge in [0.05, 0.1) is 27.0 Å². The van der Waals surface area contributed by atoms with Crippen LogP contribution in [0.2, 0.25) is 10.0 Å². The zero-order valence-electron chi connectivity index (χ0n) is 17.5. The minimum absolute atomic E-state index is 0.00111. The summed E-state index contributed by atoms with van der Waals surface area (Å²) in [5.41, 5.74) is 1.35. The molecule has 0 unspecified atom stereocenters. The van der Waals surface area contributed by atoms with E-state index in [9.17, 15) is 20.0 Å². The molecule has 32 heavy (non-hydrogen) atoms. The van der Waals surface area contributed by atoms with Crippen LogP contribution in [-0.2, 0) is 6.42 Å². The van der Waals surface area contributed by atoms with Gasteiger partial charge in [-0.15, -0.1) is 0 Å². The van der Waals surface area contributed by atoms with E-state index < -0.39 is 27.3 Å². The van der Waals surface area contributed by atoms with Gasteiger partial charge in [0.15, 0.2) is 11.3 Å². The van der Waals surface area contributed by atoms with E-state index in [1.807, 2.05) is 6.92 Å². The number of nitro groups is 1. The van der Waals surface area contributed by atoms with Crippen molar-refractivity contribution in [2.75, 3.05) is 7.11 Å². The topological polar surface area (TPSA) is 89.7 Å². The normalized spacial score (nSPS) is 11.0. The molecule has 3 rings (SSSR count). The number of aromatic carboxylic acids is 1. The Bertz CT molecular complexity index is 1240. The molecule has 0 bridgehead atoms. The molecule has 1 aromatic heterocycles. The smallest absolute Gasteiger partial charge is 0.344 e. The van der Waals surface area contributed by atoms with Crippen molar-refractivity contribution in [3.63, 3.8) is 0 Å². The predicted molar refractivity (Wildman–Crippen MR) is 124 cm³/mol. The standard InChI is InChI=1S/C22H18Cl2FNO5S/c1-5-11-6-7-12(13(25)8-11)20-15(16(22(27)28)21(32-20)26(29)30)14-9(2)17(23)19(31-4)18(24)10(14)3/h6-8H,5H2,1-4H3,(H,27,28). The van der Waals surface area contributed by atoms with Crippen molar-refractivity contribution in [1.29, 1.82) is 0 Å². The molecule has 0 fully saturated rings. The van der Waals surface area contributed by atoms with Crippen molar-refractivity contribution in [3.05, 3.63) is 66.4 Å². The Morgan fingerprint density at radius 1 is 1.22 bits per heavy atom. The van der Waals surface area contributed by atoms with Gasteiger partial charge in [-0.1, -0.05) is 53.6 Å². The van der Waals surface area contributed by atoms with E-state index in [4.69, 9.17) is 27.9 Å². The summed E-state index contributed by atoms with van der Waals surface area (Å²) in [7, 11) is 1.39. The van der Waals surface area contributed by atoms with E-state index in [1.165, 1.54) is 19.2 Å². The van der Waals surface area contributed by atoms with E-state index in [1.54, 1.807) is 19.9 Å². The summed E-state index contributed by atoms with van der Waals surface area (Å²) in [6, 6.07) is 4.52. The second kappa shape index (κ2) is 9.05. The molecule has 0 aliphatic rings. The fraction of sp³-hybridized carbons (Fsp3) is 0.227. The zero-order chi connectivity index (χ0) is 23.9. The number of carboxylic acids is 1. The molecular weight excluding hydrogens is 480 g/mol. The summed E-state index contributed by atoms with van der Waals surface area (Å²) in [6.45, 7) is 5.12. The monoisotopic (exact) mass is 497 g/mol. The molecule has 10 heteroatoms. The Balaban J connectivity index is 2.54. The zero-order valence-corrected chi connectivity index (χ0v) is 19.8. The van der Waals surface area contributed by atoms with Crippen LogP contribution in [0.3, 0.4) is 0 Å². The minimum atomic E-state index is -1.51. The third kappa shape index (κ3) is 3.83. The molecule has 6 nitrogen and oxygen atoms in total. The highest BCUT2D eigenvalue weighted by Gasteiger charge is 2.35. The maximum Gasteiger partial charge on any atom is 0.344 e. The molecule has 0 aliphatic heterocycles. The van der Waals surface area contributed by atoms with E-state index in [0.717, 1.165) is 5.56 Å². The number of hydrogen-bond acceptors (Lipinski definition) is 5. The van der Waals surface area contributed by atoms with E-state index in [-0.39, 0.29) is 37.4 Å². The molecule has 3 aromatic rings. The van der Waals surface area contributed by atoms with Crippen molar-refractivity contribution >= 4 is 45.5 Å². The van der Waals surface area contributed by atoms with Crippen molar-refractivity contribution < 1.29 is 24.0 Å². The van der Waals surface area contributed by atoms with E-state index in [2.05, 4.69) is 0 Å². The summed E-state index contributed by atoms with van der Waals surface area (Å²) in [4.78, 5) is 23.2. The van der Waals surface area contributed by atoms with Gasteiger partial charge in [-0.3, -0.25) is 10.1 Å². The third-order valence-electron chi connectivity index (χ3n) is 5.22. The molecule has 0 atom stereocenters. The highest BCUT2D eigenvalue weighted by Crippen LogP contribution is 2.52.